The summed E-state index contributed by atoms with van der Waals surface area (Å²) in [6.07, 6.45) is 0. The summed E-state index contributed by atoms with van der Waals surface area (Å²) in [6, 6.07) is 8.83. The van der Waals surface area contributed by atoms with Gasteiger partial charge in [0.15, 0.2) is 0 Å². The fraction of sp³-hybridized carbons (Fsp3) is 0.263. The van der Waals surface area contributed by atoms with Crippen molar-refractivity contribution in [3.05, 3.63) is 57.6 Å². The Bertz CT molecular complexity index is 1020. The number of rotatable bonds is 8. The standard InChI is InChI=1S/C19H20BrNO7S/c1-12(22)28-11-13-8-14(20)9-17(19(23)24)18(13)10-21(2)29(25,26)16-6-4-15(27-3)5-7-16/h4-9H,10-11H2,1-3H3,(H,23,24). The molecule has 0 saturated heterocycles. The molecule has 0 spiro atoms. The Balaban J connectivity index is 2.44. The molecule has 8 nitrogen and oxygen atoms in total. The van der Waals surface area contributed by atoms with Crippen LogP contribution in [0.15, 0.2) is 45.8 Å². The first kappa shape index (κ1) is 22.9. The molecule has 0 bridgehead atoms. The normalized spacial score (nSPS) is 11.3. The molecule has 10 heteroatoms. The minimum Gasteiger partial charge on any atom is -0.497 e. The van der Waals surface area contributed by atoms with Crippen LogP contribution in [0.5, 0.6) is 5.75 Å². The number of sulfonamides is 1. The predicted octanol–water partition coefficient (Wildman–Crippen LogP) is 3.04. The quantitative estimate of drug-likeness (QED) is 0.571. The van der Waals surface area contributed by atoms with Crippen LogP contribution in [0.4, 0.5) is 0 Å². The average molecular weight is 486 g/mol. The molecule has 1 N–H and O–H groups in total. The fourth-order valence-electron chi connectivity index (χ4n) is 2.61. The molecule has 156 valence electrons. The van der Waals surface area contributed by atoms with E-state index in [-0.39, 0.29) is 29.2 Å². The second kappa shape index (κ2) is 9.38. The second-order valence-corrected chi connectivity index (χ2v) is 9.07. The van der Waals surface area contributed by atoms with Crippen LogP contribution in [0.3, 0.4) is 0 Å². The summed E-state index contributed by atoms with van der Waals surface area (Å²) in [4.78, 5) is 22.9. The molecule has 0 saturated carbocycles. The van der Waals surface area contributed by atoms with Gasteiger partial charge in [0.2, 0.25) is 10.0 Å². The second-order valence-electron chi connectivity index (χ2n) is 6.11. The van der Waals surface area contributed by atoms with Crippen molar-refractivity contribution < 1.29 is 32.6 Å². The number of hydrogen-bond donors (Lipinski definition) is 1. The third-order valence-electron chi connectivity index (χ3n) is 4.12. The van der Waals surface area contributed by atoms with Gasteiger partial charge >= 0.3 is 11.9 Å². The van der Waals surface area contributed by atoms with Crippen LogP contribution < -0.4 is 4.74 Å². The molecule has 0 aliphatic rings. The van der Waals surface area contributed by atoms with Gasteiger partial charge in [0.05, 0.1) is 17.6 Å². The number of carboxylic acid groups (broad SMARTS) is 1. The zero-order valence-corrected chi connectivity index (χ0v) is 18.4. The van der Waals surface area contributed by atoms with E-state index in [1.807, 2.05) is 0 Å². The van der Waals surface area contributed by atoms with E-state index in [0.29, 0.717) is 15.8 Å². The highest BCUT2D eigenvalue weighted by Crippen LogP contribution is 2.26. The van der Waals surface area contributed by atoms with Crippen molar-refractivity contribution in [2.24, 2.45) is 0 Å². The smallest absolute Gasteiger partial charge is 0.336 e. The van der Waals surface area contributed by atoms with Crippen LogP contribution >= 0.6 is 15.9 Å². The first-order valence-electron chi connectivity index (χ1n) is 8.34. The number of benzene rings is 2. The summed E-state index contributed by atoms with van der Waals surface area (Å²) in [5, 5.41) is 9.57. The van der Waals surface area contributed by atoms with Crippen LogP contribution in [0, 0.1) is 0 Å². The maximum Gasteiger partial charge on any atom is 0.336 e. The minimum absolute atomic E-state index is 0.0383. The third kappa shape index (κ3) is 5.55. The third-order valence-corrected chi connectivity index (χ3v) is 6.39. The monoisotopic (exact) mass is 485 g/mol. The Morgan fingerprint density at radius 2 is 1.79 bits per heavy atom. The minimum atomic E-state index is -3.90. The van der Waals surface area contributed by atoms with Crippen LogP contribution in [-0.2, 0) is 32.7 Å². The molecule has 0 amide bonds. The van der Waals surface area contributed by atoms with Crippen molar-refractivity contribution in [3.63, 3.8) is 0 Å². The van der Waals surface area contributed by atoms with E-state index in [4.69, 9.17) is 9.47 Å². The van der Waals surface area contributed by atoms with Gasteiger partial charge in [-0.3, -0.25) is 4.79 Å². The van der Waals surface area contributed by atoms with Crippen molar-refractivity contribution in [1.29, 1.82) is 0 Å². The molecule has 0 aliphatic heterocycles. The highest BCUT2D eigenvalue weighted by atomic mass is 79.9. The van der Waals surface area contributed by atoms with E-state index in [2.05, 4.69) is 15.9 Å². The van der Waals surface area contributed by atoms with E-state index in [9.17, 15) is 23.1 Å². The predicted molar refractivity (Wildman–Crippen MR) is 108 cm³/mol. The van der Waals surface area contributed by atoms with E-state index in [1.165, 1.54) is 51.4 Å². The molecule has 0 radical (unpaired) electrons. The number of hydrogen-bond acceptors (Lipinski definition) is 6. The number of aromatic carboxylic acids is 1. The lowest BCUT2D eigenvalue weighted by atomic mass is 10.0. The molecular weight excluding hydrogens is 466 g/mol. The zero-order chi connectivity index (χ0) is 21.8. The van der Waals surface area contributed by atoms with E-state index in [0.717, 1.165) is 4.31 Å². The highest BCUT2D eigenvalue weighted by molar-refractivity contribution is 9.10. The van der Waals surface area contributed by atoms with E-state index >= 15 is 0 Å². The van der Waals surface area contributed by atoms with Crippen molar-refractivity contribution in [1.82, 2.24) is 4.31 Å². The molecule has 2 aromatic rings. The summed E-state index contributed by atoms with van der Waals surface area (Å²) in [6.45, 7) is 0.830. The number of carbonyl (C=O) groups is 2. The lowest BCUT2D eigenvalue weighted by Crippen LogP contribution is -2.28. The Hall–Kier alpha value is -2.43. The maximum absolute atomic E-state index is 12.9. The van der Waals surface area contributed by atoms with Crippen LogP contribution in [-0.4, -0.2) is 43.9 Å². The van der Waals surface area contributed by atoms with Crippen LogP contribution in [0.25, 0.3) is 0 Å². The van der Waals surface area contributed by atoms with Gasteiger partial charge in [0.1, 0.15) is 12.4 Å². The lowest BCUT2D eigenvalue weighted by molar-refractivity contribution is -0.142. The van der Waals surface area contributed by atoms with E-state index in [1.54, 1.807) is 6.07 Å². The Kier molecular flexibility index (Phi) is 7.39. The summed E-state index contributed by atoms with van der Waals surface area (Å²) < 4.78 is 37.4. The first-order chi connectivity index (χ1) is 13.6. The van der Waals surface area contributed by atoms with Crippen molar-refractivity contribution >= 4 is 37.9 Å². The molecule has 2 rings (SSSR count). The summed E-state index contributed by atoms with van der Waals surface area (Å²) >= 11 is 3.23. The van der Waals surface area contributed by atoms with Gasteiger partial charge in [0, 0.05) is 25.0 Å². The van der Waals surface area contributed by atoms with Gasteiger partial charge in [-0.25, -0.2) is 13.2 Å². The van der Waals surface area contributed by atoms with Crippen LogP contribution in [0.2, 0.25) is 0 Å². The maximum atomic E-state index is 12.9. The molecule has 0 unspecified atom stereocenters. The van der Waals surface area contributed by atoms with Crippen LogP contribution in [0.1, 0.15) is 28.4 Å². The number of ether oxygens (including phenoxy) is 2. The Morgan fingerprint density at radius 1 is 1.17 bits per heavy atom. The molecule has 0 heterocycles. The van der Waals surface area contributed by atoms with Gasteiger partial charge in [0.25, 0.3) is 0 Å². The highest BCUT2D eigenvalue weighted by Gasteiger charge is 2.25. The molecule has 0 atom stereocenters. The van der Waals surface area contributed by atoms with E-state index < -0.39 is 22.0 Å². The number of halogens is 1. The zero-order valence-electron chi connectivity index (χ0n) is 16.0. The molecule has 29 heavy (non-hydrogen) atoms. The van der Waals surface area contributed by atoms with Crippen molar-refractivity contribution in [2.45, 2.75) is 25.0 Å². The molecule has 2 aromatic carbocycles. The molecule has 0 aromatic heterocycles. The van der Waals surface area contributed by atoms with Gasteiger partial charge in [-0.1, -0.05) is 15.9 Å². The SMILES string of the molecule is COc1ccc(S(=O)(=O)N(C)Cc2c(COC(C)=O)cc(Br)cc2C(=O)O)cc1. The number of carbonyl (C=O) groups excluding carboxylic acids is 1. The largest absolute Gasteiger partial charge is 0.497 e. The topological polar surface area (TPSA) is 110 Å². The van der Waals surface area contributed by atoms with Gasteiger partial charge < -0.3 is 14.6 Å². The summed E-state index contributed by atoms with van der Waals surface area (Å²) in [7, 11) is -1.07. The number of nitrogens with zero attached hydrogens (tertiary/aromatic N) is 1. The van der Waals surface area contributed by atoms with Gasteiger partial charge in [-0.05, 0) is 47.5 Å². The number of methoxy groups -OCH3 is 1. The number of carboxylic acids is 1. The molecular formula is C19H20BrNO7S. The summed E-state index contributed by atoms with van der Waals surface area (Å²) in [5.74, 6) is -1.25. The lowest BCUT2D eigenvalue weighted by Gasteiger charge is -2.21. The van der Waals surface area contributed by atoms with Gasteiger partial charge in [-0.15, -0.1) is 0 Å². The van der Waals surface area contributed by atoms with Crippen molar-refractivity contribution in [2.75, 3.05) is 14.2 Å². The first-order valence-corrected chi connectivity index (χ1v) is 10.6. The molecule has 0 aliphatic carbocycles. The molecule has 0 fully saturated rings. The fourth-order valence-corrected chi connectivity index (χ4v) is 4.26. The average Bonchev–Trinajstić information content (AvgIpc) is 2.67. The van der Waals surface area contributed by atoms with Gasteiger partial charge in [-0.2, -0.15) is 4.31 Å². The Labute approximate surface area is 177 Å². The number of esters is 1. The summed E-state index contributed by atoms with van der Waals surface area (Å²) in [5.41, 5.74) is 0.545. The Morgan fingerprint density at radius 3 is 2.31 bits per heavy atom. The van der Waals surface area contributed by atoms with Crippen molar-refractivity contribution in [3.8, 4) is 5.75 Å².